The minimum atomic E-state index is -4.63. The molecular formula is C26H26F3N7O. The van der Waals surface area contributed by atoms with E-state index in [-0.39, 0.29) is 11.1 Å². The maximum absolute atomic E-state index is 13.8. The third-order valence-corrected chi connectivity index (χ3v) is 6.53. The van der Waals surface area contributed by atoms with E-state index in [1.54, 1.807) is 25.5 Å². The first-order chi connectivity index (χ1) is 17.7. The van der Waals surface area contributed by atoms with Gasteiger partial charge in [0.2, 0.25) is 0 Å². The van der Waals surface area contributed by atoms with Crippen molar-refractivity contribution in [2.75, 3.05) is 20.1 Å². The summed E-state index contributed by atoms with van der Waals surface area (Å²) in [6.45, 7) is 3.56. The Labute approximate surface area is 211 Å². The molecule has 1 aromatic carbocycles. The average Bonchev–Trinajstić information content (AvgIpc) is 3.54. The smallest absolute Gasteiger partial charge is 0.355 e. The highest BCUT2D eigenvalue weighted by Crippen LogP contribution is 2.37. The summed E-state index contributed by atoms with van der Waals surface area (Å²) in [6.07, 6.45) is 5.64. The quantitative estimate of drug-likeness (QED) is 0.347. The second kappa shape index (κ2) is 9.81. The van der Waals surface area contributed by atoms with Crippen LogP contribution in [0.5, 0.6) is 0 Å². The zero-order valence-corrected chi connectivity index (χ0v) is 20.4. The molecule has 5 rings (SSSR count). The Balaban J connectivity index is 1.58. The van der Waals surface area contributed by atoms with Gasteiger partial charge in [-0.15, -0.1) is 0 Å². The number of hydrogen-bond donors (Lipinski definition) is 3. The number of fused-ring (bicyclic) bond motifs is 1. The van der Waals surface area contributed by atoms with Crippen molar-refractivity contribution in [3.05, 3.63) is 65.2 Å². The zero-order chi connectivity index (χ0) is 26.2. The molecule has 11 heteroatoms. The molecule has 0 unspecified atom stereocenters. The molecule has 0 radical (unpaired) electrons. The third-order valence-electron chi connectivity index (χ3n) is 6.53. The van der Waals surface area contributed by atoms with Crippen LogP contribution in [0.15, 0.2) is 43.0 Å². The molecule has 37 heavy (non-hydrogen) atoms. The lowest BCUT2D eigenvalue weighted by atomic mass is 9.95. The van der Waals surface area contributed by atoms with Crippen molar-refractivity contribution in [1.82, 2.24) is 35.4 Å². The van der Waals surface area contributed by atoms with Gasteiger partial charge in [-0.2, -0.15) is 18.3 Å². The summed E-state index contributed by atoms with van der Waals surface area (Å²) >= 11 is 0. The molecule has 4 heterocycles. The highest BCUT2D eigenvalue weighted by atomic mass is 19.4. The first-order valence-corrected chi connectivity index (χ1v) is 12.0. The Hall–Kier alpha value is -3.99. The molecule has 4 aromatic rings. The van der Waals surface area contributed by atoms with E-state index in [1.165, 1.54) is 25.3 Å². The molecule has 1 saturated heterocycles. The number of aromatic nitrogens is 5. The largest absolute Gasteiger partial charge is 0.417 e. The van der Waals surface area contributed by atoms with Crippen molar-refractivity contribution >= 4 is 28.7 Å². The summed E-state index contributed by atoms with van der Waals surface area (Å²) in [6, 6.07) is 4.05. The maximum Gasteiger partial charge on any atom is 0.417 e. The lowest BCUT2D eigenvalue weighted by molar-refractivity contribution is -0.137. The molecule has 0 saturated carbocycles. The predicted molar refractivity (Wildman–Crippen MR) is 134 cm³/mol. The van der Waals surface area contributed by atoms with Crippen LogP contribution < -0.4 is 10.6 Å². The number of H-pyrrole nitrogens is 1. The molecule has 1 aliphatic heterocycles. The summed E-state index contributed by atoms with van der Waals surface area (Å²) < 4.78 is 43.4. The highest BCUT2D eigenvalue weighted by Gasteiger charge is 2.35. The number of likely N-dealkylation sites (N-methyl/N-ethyl adjacent to an activating group) is 1. The van der Waals surface area contributed by atoms with E-state index in [0.29, 0.717) is 34.0 Å². The van der Waals surface area contributed by atoms with Crippen molar-refractivity contribution in [3.8, 4) is 11.3 Å². The van der Waals surface area contributed by atoms with Gasteiger partial charge < -0.3 is 15.6 Å². The standard InChI is InChI=1S/C26H26F3N7O/c1-15-3-4-21(26(27,28)29)19(9-15)20(25(37)30-2)10-16-11-32-24-23(16)35-22(13-33-24)17-12-34-36(14-17)18-5-7-31-8-6-18/h3-4,9-14,18,31H,5-8H2,1-2H3,(H,30,37)(H,32,33)/b20-10-. The van der Waals surface area contributed by atoms with E-state index in [1.807, 2.05) is 10.9 Å². The monoisotopic (exact) mass is 509 g/mol. The molecule has 3 N–H and O–H groups in total. The van der Waals surface area contributed by atoms with E-state index in [4.69, 9.17) is 4.98 Å². The van der Waals surface area contributed by atoms with Gasteiger partial charge in [0.1, 0.15) is 5.52 Å². The van der Waals surface area contributed by atoms with Gasteiger partial charge in [-0.3, -0.25) is 9.48 Å². The number of carbonyl (C=O) groups is 1. The first kappa shape index (κ1) is 24.7. The van der Waals surface area contributed by atoms with Gasteiger partial charge in [-0.05, 0) is 50.6 Å². The Morgan fingerprint density at radius 2 is 2.00 bits per heavy atom. The number of alkyl halides is 3. The summed E-state index contributed by atoms with van der Waals surface area (Å²) in [5.41, 5.74) is 2.10. The normalized spacial score (nSPS) is 15.3. The number of benzene rings is 1. The van der Waals surface area contributed by atoms with Crippen LogP contribution in [0.4, 0.5) is 13.2 Å². The summed E-state index contributed by atoms with van der Waals surface area (Å²) in [7, 11) is 1.38. The summed E-state index contributed by atoms with van der Waals surface area (Å²) in [5.74, 6) is -0.641. The number of nitrogens with one attached hydrogen (secondary N) is 3. The average molecular weight is 510 g/mol. The Bertz CT molecular complexity index is 1480. The van der Waals surface area contributed by atoms with Crippen LogP contribution >= 0.6 is 0 Å². The third kappa shape index (κ3) is 4.99. The predicted octanol–water partition coefficient (Wildman–Crippen LogP) is 4.36. The highest BCUT2D eigenvalue weighted by molar-refractivity contribution is 6.25. The number of hydrogen-bond acceptors (Lipinski definition) is 5. The van der Waals surface area contributed by atoms with Gasteiger partial charge in [0.15, 0.2) is 5.65 Å². The lowest BCUT2D eigenvalue weighted by Crippen LogP contribution is -2.29. The van der Waals surface area contributed by atoms with Crippen molar-refractivity contribution in [2.24, 2.45) is 0 Å². The van der Waals surface area contributed by atoms with Gasteiger partial charge in [0, 0.05) is 36.1 Å². The number of aromatic amines is 1. The molecule has 0 bridgehead atoms. The second-order valence-electron chi connectivity index (χ2n) is 9.07. The Morgan fingerprint density at radius 3 is 2.73 bits per heavy atom. The van der Waals surface area contributed by atoms with E-state index in [9.17, 15) is 18.0 Å². The SMILES string of the molecule is CNC(=O)/C(=C\c1c[nH]c2ncc(-c3cnn(C4CCNCC4)c3)nc12)c1cc(C)ccc1C(F)(F)F. The van der Waals surface area contributed by atoms with Crippen molar-refractivity contribution in [1.29, 1.82) is 0 Å². The molecule has 1 aliphatic rings. The van der Waals surface area contributed by atoms with Crippen LogP contribution in [-0.4, -0.2) is 50.8 Å². The van der Waals surface area contributed by atoms with Crippen molar-refractivity contribution < 1.29 is 18.0 Å². The van der Waals surface area contributed by atoms with Gasteiger partial charge in [-0.25, -0.2) is 9.97 Å². The zero-order valence-electron chi connectivity index (χ0n) is 20.4. The van der Waals surface area contributed by atoms with Crippen LogP contribution in [-0.2, 0) is 11.0 Å². The van der Waals surface area contributed by atoms with E-state index < -0.39 is 17.6 Å². The lowest BCUT2D eigenvalue weighted by Gasteiger charge is -2.22. The number of aryl methyl sites for hydroxylation is 1. The van der Waals surface area contributed by atoms with E-state index in [0.717, 1.165) is 37.6 Å². The molecule has 0 spiro atoms. The number of nitrogens with zero attached hydrogens (tertiary/aromatic N) is 4. The fourth-order valence-corrected chi connectivity index (χ4v) is 4.58. The number of halogens is 3. The molecule has 0 aliphatic carbocycles. The number of piperidine rings is 1. The van der Waals surface area contributed by atoms with Crippen LogP contribution in [0, 0.1) is 6.92 Å². The van der Waals surface area contributed by atoms with Gasteiger partial charge in [0.05, 0.1) is 29.7 Å². The van der Waals surface area contributed by atoms with Gasteiger partial charge >= 0.3 is 6.18 Å². The Kier molecular flexibility index (Phi) is 6.55. The van der Waals surface area contributed by atoms with Crippen LogP contribution in [0.1, 0.15) is 41.1 Å². The van der Waals surface area contributed by atoms with Crippen molar-refractivity contribution in [3.63, 3.8) is 0 Å². The van der Waals surface area contributed by atoms with E-state index in [2.05, 4.69) is 25.7 Å². The van der Waals surface area contributed by atoms with E-state index >= 15 is 0 Å². The molecule has 1 amide bonds. The molecule has 8 nitrogen and oxygen atoms in total. The number of rotatable bonds is 5. The number of carbonyl (C=O) groups excluding carboxylic acids is 1. The fraction of sp³-hybridized carbons (Fsp3) is 0.308. The number of amides is 1. The summed E-state index contributed by atoms with van der Waals surface area (Å²) in [4.78, 5) is 25.0. The van der Waals surface area contributed by atoms with Gasteiger partial charge in [0.25, 0.3) is 5.91 Å². The minimum Gasteiger partial charge on any atom is -0.355 e. The van der Waals surface area contributed by atoms with Crippen LogP contribution in [0.2, 0.25) is 0 Å². The van der Waals surface area contributed by atoms with Crippen LogP contribution in [0.3, 0.4) is 0 Å². The molecule has 3 aromatic heterocycles. The van der Waals surface area contributed by atoms with Gasteiger partial charge in [-0.1, -0.05) is 17.7 Å². The Morgan fingerprint density at radius 1 is 1.22 bits per heavy atom. The maximum atomic E-state index is 13.8. The van der Waals surface area contributed by atoms with Crippen LogP contribution in [0.25, 0.3) is 34.1 Å². The topological polar surface area (TPSA) is 101 Å². The molecule has 1 fully saturated rings. The second-order valence-corrected chi connectivity index (χ2v) is 9.07. The molecule has 192 valence electrons. The van der Waals surface area contributed by atoms with Crippen molar-refractivity contribution in [2.45, 2.75) is 32.0 Å². The first-order valence-electron chi connectivity index (χ1n) is 12.0. The molecule has 0 atom stereocenters. The minimum absolute atomic E-state index is 0.120. The molecular weight excluding hydrogens is 483 g/mol. The fourth-order valence-electron chi connectivity index (χ4n) is 4.58. The summed E-state index contributed by atoms with van der Waals surface area (Å²) in [5, 5.41) is 10.3.